The minimum Gasteiger partial charge on any atom is -0.508 e. The average molecular weight is 600 g/mol. The van der Waals surface area contributed by atoms with E-state index < -0.39 is 35.6 Å². The van der Waals surface area contributed by atoms with E-state index in [1.54, 1.807) is 25.3 Å². The van der Waals surface area contributed by atoms with Crippen LogP contribution in [0.5, 0.6) is 5.75 Å². The number of nitrogens with zero attached hydrogens (tertiary/aromatic N) is 2. The lowest BCUT2D eigenvalue weighted by molar-refractivity contribution is -0.275. The Hall–Kier alpha value is -2.30. The second-order valence-electron chi connectivity index (χ2n) is 11.5. The van der Waals surface area contributed by atoms with Crippen LogP contribution in [0.2, 0.25) is 0 Å². The zero-order chi connectivity index (χ0) is 27.3. The number of fused-ring (bicyclic) bond motifs is 3. The van der Waals surface area contributed by atoms with Crippen molar-refractivity contribution >= 4 is 27.7 Å². The maximum atomic E-state index is 14.0. The molecule has 1 saturated carbocycles. The molecule has 2 aromatic rings. The van der Waals surface area contributed by atoms with Gasteiger partial charge in [0.2, 0.25) is 11.8 Å². The lowest BCUT2D eigenvalue weighted by atomic mass is 9.64. The predicted octanol–water partition coefficient (Wildman–Crippen LogP) is 3.85. The second kappa shape index (κ2) is 10.6. The second-order valence-corrected chi connectivity index (χ2v) is 12.4. The number of halogens is 1. The van der Waals surface area contributed by atoms with Gasteiger partial charge in [0.05, 0.1) is 24.5 Å². The molecular weight excluding hydrogens is 564 g/mol. The SMILES string of the molecule is COC[C@H]1C[C@@H]2C(=O)N(C3CCN(Cc4ccccc4)CC3)C(=O)[C@@H]2[C@@H]2C[C@@H](c3cc(Br)ccc3O)O[C@]12O. The maximum absolute atomic E-state index is 14.0. The molecule has 3 heterocycles. The number of carbonyl (C=O) groups excluding carboxylic acids is 2. The summed E-state index contributed by atoms with van der Waals surface area (Å²) in [5.41, 5.74) is 1.81. The first-order chi connectivity index (χ1) is 18.8. The summed E-state index contributed by atoms with van der Waals surface area (Å²) in [7, 11) is 1.56. The molecule has 9 heteroatoms. The lowest BCUT2D eigenvalue weighted by Crippen LogP contribution is -2.54. The third-order valence-electron chi connectivity index (χ3n) is 9.27. The summed E-state index contributed by atoms with van der Waals surface area (Å²) in [6.07, 6.45) is 1.55. The third-order valence-corrected chi connectivity index (χ3v) is 9.77. The van der Waals surface area contributed by atoms with Gasteiger partial charge in [0.15, 0.2) is 5.79 Å². The summed E-state index contributed by atoms with van der Waals surface area (Å²) in [6.45, 7) is 2.71. The van der Waals surface area contributed by atoms with E-state index in [1.807, 2.05) is 18.2 Å². The molecule has 39 heavy (non-hydrogen) atoms. The first-order valence-corrected chi connectivity index (χ1v) is 14.6. The molecule has 0 spiro atoms. The van der Waals surface area contributed by atoms with Crippen LogP contribution in [0.15, 0.2) is 53.0 Å². The van der Waals surface area contributed by atoms with E-state index in [9.17, 15) is 19.8 Å². The summed E-state index contributed by atoms with van der Waals surface area (Å²) in [4.78, 5) is 31.7. The number of carbonyl (C=O) groups is 2. The van der Waals surface area contributed by atoms with E-state index in [-0.39, 0.29) is 30.2 Å². The highest BCUT2D eigenvalue weighted by atomic mass is 79.9. The van der Waals surface area contributed by atoms with E-state index in [1.165, 1.54) is 10.5 Å². The van der Waals surface area contributed by atoms with Gasteiger partial charge in [-0.3, -0.25) is 19.4 Å². The Morgan fingerprint density at radius 2 is 1.82 bits per heavy atom. The zero-order valence-corrected chi connectivity index (χ0v) is 23.6. The Labute approximate surface area is 237 Å². The highest BCUT2D eigenvalue weighted by Crippen LogP contribution is 2.59. The number of phenolic OH excluding ortho intramolecular Hbond substituents is 1. The lowest BCUT2D eigenvalue weighted by Gasteiger charge is -2.44. The first-order valence-electron chi connectivity index (χ1n) is 13.8. The molecule has 6 atom stereocenters. The molecule has 0 unspecified atom stereocenters. The standard InChI is InChI=1S/C30H35BrN2O6/c1-38-17-19-13-23-27(24-15-26(39-30(19,24)37)22-14-20(31)7-8-25(22)34)29(36)33(28(23)35)21-9-11-32(12-10-21)16-18-5-3-2-4-6-18/h2-8,14,19,21,23-24,26-27,34,37H,9-13,15-17H2,1H3/t19-,23+,24+,26+,27+,30-/m1/s1. The minimum absolute atomic E-state index is 0.0722. The number of rotatable bonds is 6. The molecule has 6 rings (SSSR count). The molecule has 208 valence electrons. The summed E-state index contributed by atoms with van der Waals surface area (Å²) in [6, 6.07) is 15.3. The van der Waals surface area contributed by atoms with Crippen LogP contribution in [0.4, 0.5) is 0 Å². The Morgan fingerprint density at radius 1 is 1.08 bits per heavy atom. The molecule has 3 saturated heterocycles. The van der Waals surface area contributed by atoms with Crippen molar-refractivity contribution < 1.29 is 29.3 Å². The molecule has 1 aliphatic carbocycles. The molecule has 0 bridgehead atoms. The molecule has 4 fully saturated rings. The van der Waals surface area contributed by atoms with E-state index in [4.69, 9.17) is 9.47 Å². The van der Waals surface area contributed by atoms with Crippen LogP contribution in [-0.2, 0) is 25.6 Å². The van der Waals surface area contributed by atoms with Crippen LogP contribution in [0.1, 0.15) is 42.9 Å². The van der Waals surface area contributed by atoms with Crippen molar-refractivity contribution in [2.24, 2.45) is 23.7 Å². The fraction of sp³-hybridized carbons (Fsp3) is 0.533. The molecule has 2 N–H and O–H groups in total. The van der Waals surface area contributed by atoms with Gasteiger partial charge in [-0.1, -0.05) is 46.3 Å². The summed E-state index contributed by atoms with van der Waals surface area (Å²) in [5, 5.41) is 22.5. The number of hydrogen-bond acceptors (Lipinski definition) is 7. The van der Waals surface area contributed by atoms with Gasteiger partial charge in [0.1, 0.15) is 5.75 Å². The number of aliphatic hydroxyl groups is 1. The van der Waals surface area contributed by atoms with Crippen molar-refractivity contribution in [3.63, 3.8) is 0 Å². The first kappa shape index (κ1) is 26.9. The number of hydrogen-bond donors (Lipinski definition) is 2. The van der Waals surface area contributed by atoms with Gasteiger partial charge >= 0.3 is 0 Å². The Morgan fingerprint density at radius 3 is 2.54 bits per heavy atom. The number of amides is 2. The van der Waals surface area contributed by atoms with Crippen LogP contribution in [0.3, 0.4) is 0 Å². The van der Waals surface area contributed by atoms with E-state index >= 15 is 0 Å². The molecule has 3 aliphatic heterocycles. The smallest absolute Gasteiger partial charge is 0.233 e. The molecule has 2 amide bonds. The number of phenols is 1. The molecule has 8 nitrogen and oxygen atoms in total. The van der Waals surface area contributed by atoms with Crippen LogP contribution < -0.4 is 0 Å². The van der Waals surface area contributed by atoms with Crippen molar-refractivity contribution in [3.05, 3.63) is 64.1 Å². The van der Waals surface area contributed by atoms with Crippen molar-refractivity contribution in [1.82, 2.24) is 9.80 Å². The predicted molar refractivity (Wildman–Crippen MR) is 146 cm³/mol. The van der Waals surface area contributed by atoms with Gasteiger partial charge < -0.3 is 19.7 Å². The van der Waals surface area contributed by atoms with Crippen LogP contribution in [0, 0.1) is 23.7 Å². The number of piperidine rings is 1. The molecule has 0 aromatic heterocycles. The molecular formula is C30H35BrN2O6. The number of methoxy groups -OCH3 is 1. The number of benzene rings is 2. The molecule has 0 radical (unpaired) electrons. The number of ether oxygens (including phenoxy) is 2. The average Bonchev–Trinajstić information content (AvgIpc) is 3.41. The fourth-order valence-electron chi connectivity index (χ4n) is 7.41. The summed E-state index contributed by atoms with van der Waals surface area (Å²) < 4.78 is 12.5. The van der Waals surface area contributed by atoms with E-state index in [0.29, 0.717) is 18.4 Å². The van der Waals surface area contributed by atoms with Crippen molar-refractivity contribution in [1.29, 1.82) is 0 Å². The minimum atomic E-state index is -1.62. The molecule has 4 aliphatic rings. The Bertz CT molecular complexity index is 1240. The normalized spacial score (nSPS) is 33.4. The van der Waals surface area contributed by atoms with Crippen molar-refractivity contribution in [2.75, 3.05) is 26.8 Å². The zero-order valence-electron chi connectivity index (χ0n) is 22.0. The van der Waals surface area contributed by atoms with E-state index in [2.05, 4.69) is 33.0 Å². The van der Waals surface area contributed by atoms with Crippen LogP contribution in [0.25, 0.3) is 0 Å². The quantitative estimate of drug-likeness (QED) is 0.487. The molecule has 2 aromatic carbocycles. The Kier molecular flexibility index (Phi) is 7.31. The van der Waals surface area contributed by atoms with Crippen molar-refractivity contribution in [3.8, 4) is 5.75 Å². The van der Waals surface area contributed by atoms with Gasteiger partial charge in [-0.15, -0.1) is 0 Å². The third kappa shape index (κ3) is 4.72. The van der Waals surface area contributed by atoms with Crippen LogP contribution in [-0.4, -0.2) is 70.5 Å². The number of aromatic hydroxyl groups is 1. The van der Waals surface area contributed by atoms with Crippen molar-refractivity contribution in [2.45, 2.75) is 50.2 Å². The van der Waals surface area contributed by atoms with Gasteiger partial charge in [-0.05, 0) is 49.4 Å². The largest absolute Gasteiger partial charge is 0.508 e. The van der Waals surface area contributed by atoms with Gasteiger partial charge in [0.25, 0.3) is 0 Å². The summed E-state index contributed by atoms with van der Waals surface area (Å²) in [5.74, 6) is -4.03. The fourth-order valence-corrected chi connectivity index (χ4v) is 7.79. The summed E-state index contributed by atoms with van der Waals surface area (Å²) >= 11 is 3.45. The monoisotopic (exact) mass is 598 g/mol. The highest BCUT2D eigenvalue weighted by molar-refractivity contribution is 9.10. The van der Waals surface area contributed by atoms with Gasteiger partial charge in [0, 0.05) is 54.7 Å². The number of likely N-dealkylation sites (tertiary alicyclic amines) is 2. The van der Waals surface area contributed by atoms with E-state index in [0.717, 1.165) is 36.9 Å². The van der Waals surface area contributed by atoms with Gasteiger partial charge in [-0.2, -0.15) is 0 Å². The van der Waals surface area contributed by atoms with Gasteiger partial charge in [-0.25, -0.2) is 0 Å². The Balaban J connectivity index is 1.22. The number of imide groups is 1. The van der Waals surface area contributed by atoms with Crippen LogP contribution >= 0.6 is 15.9 Å². The maximum Gasteiger partial charge on any atom is 0.233 e. The topological polar surface area (TPSA) is 99.5 Å². The highest BCUT2D eigenvalue weighted by Gasteiger charge is 2.67.